The second-order valence-corrected chi connectivity index (χ2v) is 3.82. The minimum absolute atomic E-state index is 0.124. The summed E-state index contributed by atoms with van der Waals surface area (Å²) in [5, 5.41) is 18.4. The molecular weight excluding hydrogens is 260 g/mol. The topological polar surface area (TPSA) is 99.6 Å². The summed E-state index contributed by atoms with van der Waals surface area (Å²) in [4.78, 5) is 17.9. The van der Waals surface area contributed by atoms with Gasteiger partial charge in [0.05, 0.1) is 11.1 Å². The van der Waals surface area contributed by atoms with Gasteiger partial charge in [-0.1, -0.05) is 23.7 Å². The lowest BCUT2D eigenvalue weighted by Crippen LogP contribution is -2.05. The summed E-state index contributed by atoms with van der Waals surface area (Å²) in [6, 6.07) is 0. The maximum absolute atomic E-state index is 11.0. The molecule has 94 valence electrons. The lowest BCUT2D eigenvalue weighted by Gasteiger charge is -2.04. The van der Waals surface area contributed by atoms with Gasteiger partial charge in [0.15, 0.2) is 5.69 Å². The van der Waals surface area contributed by atoms with Crippen LogP contribution in [-0.2, 0) is 6.54 Å². The van der Waals surface area contributed by atoms with Crippen LogP contribution in [0.5, 0.6) is 0 Å². The van der Waals surface area contributed by atoms with Crippen molar-refractivity contribution in [1.29, 1.82) is 0 Å². The molecule has 0 amide bonds. The van der Waals surface area contributed by atoms with Gasteiger partial charge in [-0.3, -0.25) is 10.1 Å². The Morgan fingerprint density at radius 1 is 1.50 bits per heavy atom. The van der Waals surface area contributed by atoms with Crippen molar-refractivity contribution in [2.24, 2.45) is 0 Å². The highest BCUT2D eigenvalue weighted by Gasteiger charge is 2.25. The molecule has 0 aromatic carbocycles. The summed E-state index contributed by atoms with van der Waals surface area (Å²) in [5.74, 6) is 0. The van der Waals surface area contributed by atoms with Gasteiger partial charge >= 0.3 is 5.69 Å². The molecule has 0 aliphatic heterocycles. The Kier molecular flexibility index (Phi) is 3.47. The van der Waals surface area contributed by atoms with Gasteiger partial charge in [0, 0.05) is 6.54 Å². The Balaban J connectivity index is 2.60. The highest BCUT2D eigenvalue weighted by atomic mass is 35.5. The Labute approximate surface area is 107 Å². The fraction of sp³-hybridized carbons (Fsp3) is 0.333. The Hall–Kier alpha value is -2.09. The van der Waals surface area contributed by atoms with Crippen LogP contribution in [0.1, 0.15) is 13.3 Å². The van der Waals surface area contributed by atoms with E-state index in [-0.39, 0.29) is 16.5 Å². The Morgan fingerprint density at radius 3 is 2.94 bits per heavy atom. The van der Waals surface area contributed by atoms with Crippen LogP contribution < -0.4 is 0 Å². The molecule has 0 spiro atoms. The number of hydrogen-bond acceptors (Lipinski definition) is 6. The third-order valence-corrected chi connectivity index (χ3v) is 2.53. The van der Waals surface area contributed by atoms with Crippen LogP contribution in [0, 0.1) is 10.1 Å². The molecule has 0 fully saturated rings. The molecule has 18 heavy (non-hydrogen) atoms. The molecule has 9 heteroatoms. The largest absolute Gasteiger partial charge is 0.334 e. The molecule has 0 atom stereocenters. The fourth-order valence-electron chi connectivity index (χ4n) is 1.52. The van der Waals surface area contributed by atoms with Crippen LogP contribution in [0.25, 0.3) is 11.4 Å². The highest BCUT2D eigenvalue weighted by molar-refractivity contribution is 6.31. The van der Waals surface area contributed by atoms with E-state index in [2.05, 4.69) is 20.3 Å². The van der Waals surface area contributed by atoms with Gasteiger partial charge in [0.2, 0.25) is 5.15 Å². The summed E-state index contributed by atoms with van der Waals surface area (Å²) in [6.45, 7) is 2.56. The van der Waals surface area contributed by atoms with Crippen LogP contribution in [0.3, 0.4) is 0 Å². The molecule has 0 saturated heterocycles. The Bertz CT molecular complexity index is 584. The normalized spacial score (nSPS) is 10.6. The van der Waals surface area contributed by atoms with Gasteiger partial charge in [0.25, 0.3) is 0 Å². The average molecular weight is 269 g/mol. The van der Waals surface area contributed by atoms with Crippen molar-refractivity contribution in [3.05, 3.63) is 27.8 Å². The Morgan fingerprint density at radius 2 is 2.28 bits per heavy atom. The zero-order chi connectivity index (χ0) is 13.1. The number of hydrogen-bond donors (Lipinski definition) is 0. The van der Waals surface area contributed by atoms with E-state index < -0.39 is 4.92 Å². The quantitative estimate of drug-likeness (QED) is 0.475. The molecule has 0 saturated carbocycles. The van der Waals surface area contributed by atoms with Crippen LogP contribution in [0.15, 0.2) is 12.5 Å². The zero-order valence-electron chi connectivity index (χ0n) is 9.45. The number of nitro groups is 1. The molecule has 0 N–H and O–H groups in total. The van der Waals surface area contributed by atoms with Crippen molar-refractivity contribution in [3.63, 3.8) is 0 Å². The predicted octanol–water partition coefficient (Wildman–Crippen LogP) is 1.71. The maximum Gasteiger partial charge on any atom is 0.334 e. The average Bonchev–Trinajstić information content (AvgIpc) is 2.76. The monoisotopic (exact) mass is 268 g/mol. The zero-order valence-corrected chi connectivity index (χ0v) is 10.2. The first-order valence-electron chi connectivity index (χ1n) is 5.19. The molecule has 2 rings (SSSR count). The number of rotatable bonds is 4. The number of nitrogens with zero attached hydrogens (tertiary/aromatic N) is 6. The van der Waals surface area contributed by atoms with Crippen molar-refractivity contribution in [1.82, 2.24) is 25.0 Å². The van der Waals surface area contributed by atoms with Crippen molar-refractivity contribution < 1.29 is 4.92 Å². The molecule has 0 radical (unpaired) electrons. The SMILES string of the molecule is CCCn1nncc1-c1ncnc(Cl)c1[N+](=O)[O-]. The van der Waals surface area contributed by atoms with Gasteiger partial charge in [0.1, 0.15) is 12.0 Å². The van der Waals surface area contributed by atoms with E-state index in [1.54, 1.807) is 4.68 Å². The highest BCUT2D eigenvalue weighted by Crippen LogP contribution is 2.31. The van der Waals surface area contributed by atoms with Gasteiger partial charge in [-0.25, -0.2) is 14.6 Å². The summed E-state index contributed by atoms with van der Waals surface area (Å²) >= 11 is 5.73. The second kappa shape index (κ2) is 5.05. The van der Waals surface area contributed by atoms with E-state index in [1.165, 1.54) is 12.5 Å². The van der Waals surface area contributed by atoms with E-state index in [0.29, 0.717) is 12.2 Å². The first-order chi connectivity index (χ1) is 8.65. The molecule has 0 bridgehead atoms. The van der Waals surface area contributed by atoms with Crippen molar-refractivity contribution >= 4 is 17.3 Å². The minimum Gasteiger partial charge on any atom is -0.258 e. The maximum atomic E-state index is 11.0. The third kappa shape index (κ3) is 2.14. The van der Waals surface area contributed by atoms with Crippen LogP contribution in [-0.4, -0.2) is 29.9 Å². The van der Waals surface area contributed by atoms with E-state index in [1.807, 2.05) is 6.92 Å². The molecular formula is C9H9ClN6O2. The van der Waals surface area contributed by atoms with E-state index in [0.717, 1.165) is 6.42 Å². The number of aryl methyl sites for hydroxylation is 1. The molecule has 0 aliphatic rings. The molecule has 8 nitrogen and oxygen atoms in total. The second-order valence-electron chi connectivity index (χ2n) is 3.46. The predicted molar refractivity (Wildman–Crippen MR) is 63.0 cm³/mol. The van der Waals surface area contributed by atoms with E-state index in [4.69, 9.17) is 11.6 Å². The van der Waals surface area contributed by atoms with Crippen LogP contribution in [0.4, 0.5) is 5.69 Å². The molecule has 2 heterocycles. The lowest BCUT2D eigenvalue weighted by atomic mass is 10.2. The summed E-state index contributed by atoms with van der Waals surface area (Å²) in [7, 11) is 0. The minimum atomic E-state index is -0.610. The molecule has 0 aliphatic carbocycles. The lowest BCUT2D eigenvalue weighted by molar-refractivity contribution is -0.384. The number of aromatic nitrogens is 5. The third-order valence-electron chi connectivity index (χ3n) is 2.26. The molecule has 2 aromatic rings. The van der Waals surface area contributed by atoms with Crippen molar-refractivity contribution in [2.75, 3.05) is 0 Å². The number of halogens is 1. The van der Waals surface area contributed by atoms with Gasteiger partial charge in [-0.15, -0.1) is 5.10 Å². The molecule has 2 aromatic heterocycles. The summed E-state index contributed by atoms with van der Waals surface area (Å²) < 4.78 is 1.55. The fourth-order valence-corrected chi connectivity index (χ4v) is 1.73. The van der Waals surface area contributed by atoms with Crippen LogP contribution in [0.2, 0.25) is 5.15 Å². The smallest absolute Gasteiger partial charge is 0.258 e. The summed E-state index contributed by atoms with van der Waals surface area (Å²) in [6.07, 6.45) is 3.41. The standard InChI is InChI=1S/C9H9ClN6O2/c1-2-3-15-6(4-13-14-15)7-8(16(17)18)9(10)12-5-11-7/h4-5H,2-3H2,1H3. The van der Waals surface area contributed by atoms with E-state index in [9.17, 15) is 10.1 Å². The van der Waals surface area contributed by atoms with Crippen molar-refractivity contribution in [2.45, 2.75) is 19.9 Å². The first-order valence-corrected chi connectivity index (χ1v) is 5.56. The summed E-state index contributed by atoms with van der Waals surface area (Å²) in [5.41, 5.74) is 0.241. The van der Waals surface area contributed by atoms with E-state index >= 15 is 0 Å². The van der Waals surface area contributed by atoms with Crippen LogP contribution >= 0.6 is 11.6 Å². The first kappa shape index (κ1) is 12.4. The van der Waals surface area contributed by atoms with Gasteiger partial charge < -0.3 is 0 Å². The molecule has 0 unspecified atom stereocenters. The van der Waals surface area contributed by atoms with Gasteiger partial charge in [-0.05, 0) is 6.42 Å². The van der Waals surface area contributed by atoms with Crippen molar-refractivity contribution in [3.8, 4) is 11.4 Å². The van der Waals surface area contributed by atoms with Gasteiger partial charge in [-0.2, -0.15) is 0 Å².